The van der Waals surface area contributed by atoms with E-state index in [4.69, 9.17) is 0 Å². The van der Waals surface area contributed by atoms with Crippen LogP contribution in [0.2, 0.25) is 0 Å². The minimum absolute atomic E-state index is 0.408. The van der Waals surface area contributed by atoms with Crippen LogP contribution in [0.3, 0.4) is 0 Å². The van der Waals surface area contributed by atoms with Crippen molar-refractivity contribution in [2.45, 2.75) is 26.3 Å². The van der Waals surface area contributed by atoms with Crippen LogP contribution in [0, 0.1) is 13.8 Å². The van der Waals surface area contributed by atoms with Crippen molar-refractivity contribution in [2.75, 3.05) is 0 Å². The van der Waals surface area contributed by atoms with Crippen LogP contribution in [0.1, 0.15) is 23.1 Å². The Morgan fingerprint density at radius 1 is 1.47 bits per heavy atom. The van der Waals surface area contributed by atoms with E-state index in [0.29, 0.717) is 6.42 Å². The van der Waals surface area contributed by atoms with Crippen molar-refractivity contribution in [1.82, 2.24) is 14.5 Å². The Morgan fingerprint density at radius 2 is 2.12 bits per heavy atom. The molecule has 0 aliphatic carbocycles. The summed E-state index contributed by atoms with van der Waals surface area (Å²) in [5, 5.41) is 9.34. The number of carboxylic acid groups (broad SMARTS) is 1. The summed E-state index contributed by atoms with van der Waals surface area (Å²) in [7, 11) is 0. The summed E-state index contributed by atoms with van der Waals surface area (Å²) in [5.41, 5.74) is 2.73. The van der Waals surface area contributed by atoms with Gasteiger partial charge in [0.25, 0.3) is 0 Å². The predicted molar refractivity (Wildman–Crippen MR) is 62.9 cm³/mol. The maximum Gasteiger partial charge on any atom is 0.327 e. The summed E-state index contributed by atoms with van der Waals surface area (Å²) >= 11 is 0. The molecule has 2 rings (SSSR count). The molecule has 90 valence electrons. The van der Waals surface area contributed by atoms with Crippen molar-refractivity contribution >= 4 is 5.97 Å². The third-order valence-electron chi connectivity index (χ3n) is 2.89. The molecule has 0 saturated carbocycles. The van der Waals surface area contributed by atoms with Crippen LogP contribution < -0.4 is 0 Å². The Hall–Kier alpha value is -2.04. The standard InChI is InChI=1S/C12H15N3O2/c1-8-3-4-9(2)15(8)11(12(16)17)5-10-6-13-7-14-10/h3-4,6-7,11H,5H2,1-2H3,(H,13,14)(H,16,17). The molecule has 2 aromatic rings. The monoisotopic (exact) mass is 233 g/mol. The van der Waals surface area contributed by atoms with Crippen LogP contribution in [0.5, 0.6) is 0 Å². The average Bonchev–Trinajstić information content (AvgIpc) is 2.87. The van der Waals surface area contributed by atoms with Gasteiger partial charge in [0.15, 0.2) is 0 Å². The van der Waals surface area contributed by atoms with Gasteiger partial charge >= 0.3 is 5.97 Å². The van der Waals surface area contributed by atoms with E-state index in [2.05, 4.69) is 9.97 Å². The lowest BCUT2D eigenvalue weighted by atomic mass is 10.1. The van der Waals surface area contributed by atoms with Gasteiger partial charge in [-0.2, -0.15) is 0 Å². The summed E-state index contributed by atoms with van der Waals surface area (Å²) in [5.74, 6) is -0.831. The molecular weight excluding hydrogens is 218 g/mol. The summed E-state index contributed by atoms with van der Waals surface area (Å²) < 4.78 is 1.84. The first kappa shape index (κ1) is 11.4. The number of rotatable bonds is 4. The Balaban J connectivity index is 2.33. The second-order valence-electron chi connectivity index (χ2n) is 4.12. The quantitative estimate of drug-likeness (QED) is 0.844. The van der Waals surface area contributed by atoms with Crippen LogP contribution in [0.4, 0.5) is 0 Å². The molecule has 0 fully saturated rings. The Labute approximate surface area is 99.1 Å². The maximum absolute atomic E-state index is 11.4. The normalized spacial score (nSPS) is 12.6. The van der Waals surface area contributed by atoms with E-state index in [-0.39, 0.29) is 0 Å². The van der Waals surface area contributed by atoms with E-state index in [9.17, 15) is 9.90 Å². The second kappa shape index (κ2) is 4.45. The van der Waals surface area contributed by atoms with Crippen molar-refractivity contribution in [3.8, 4) is 0 Å². The average molecular weight is 233 g/mol. The Kier molecular flexibility index (Phi) is 2.99. The predicted octanol–water partition coefficient (Wildman–Crippen LogP) is 1.70. The van der Waals surface area contributed by atoms with Gasteiger partial charge in [0.1, 0.15) is 6.04 Å². The van der Waals surface area contributed by atoms with Crippen LogP contribution in [-0.2, 0) is 11.2 Å². The number of hydrogen-bond donors (Lipinski definition) is 2. The SMILES string of the molecule is Cc1ccc(C)n1C(Cc1cnc[nH]1)C(=O)O. The van der Waals surface area contributed by atoms with Gasteiger partial charge in [-0.05, 0) is 26.0 Å². The number of aromatic amines is 1. The van der Waals surface area contributed by atoms with Crippen molar-refractivity contribution in [1.29, 1.82) is 0 Å². The molecule has 17 heavy (non-hydrogen) atoms. The van der Waals surface area contributed by atoms with Crippen molar-refractivity contribution in [2.24, 2.45) is 0 Å². The maximum atomic E-state index is 11.4. The molecular formula is C12H15N3O2. The molecule has 1 unspecified atom stereocenters. The highest BCUT2D eigenvalue weighted by molar-refractivity contribution is 5.72. The molecule has 0 amide bonds. The van der Waals surface area contributed by atoms with E-state index in [1.54, 1.807) is 12.5 Å². The number of hydrogen-bond acceptors (Lipinski definition) is 2. The molecule has 2 aromatic heterocycles. The zero-order valence-corrected chi connectivity index (χ0v) is 9.84. The number of aryl methyl sites for hydroxylation is 2. The Morgan fingerprint density at radius 3 is 2.59 bits per heavy atom. The lowest BCUT2D eigenvalue weighted by Crippen LogP contribution is -2.23. The highest BCUT2D eigenvalue weighted by Crippen LogP contribution is 2.19. The van der Waals surface area contributed by atoms with Crippen LogP contribution >= 0.6 is 0 Å². The molecule has 0 aromatic carbocycles. The first-order chi connectivity index (χ1) is 8.09. The molecule has 1 atom stereocenters. The first-order valence-corrected chi connectivity index (χ1v) is 5.44. The van der Waals surface area contributed by atoms with Crippen LogP contribution in [-0.4, -0.2) is 25.6 Å². The molecule has 0 spiro atoms. The van der Waals surface area contributed by atoms with Gasteiger partial charge in [0.2, 0.25) is 0 Å². The van der Waals surface area contributed by atoms with E-state index >= 15 is 0 Å². The van der Waals surface area contributed by atoms with Gasteiger partial charge in [-0.3, -0.25) is 0 Å². The number of H-pyrrole nitrogens is 1. The molecule has 2 heterocycles. The summed E-state index contributed by atoms with van der Waals surface area (Å²) in [6.45, 7) is 3.83. The van der Waals surface area contributed by atoms with Crippen molar-refractivity contribution in [3.63, 3.8) is 0 Å². The molecule has 0 radical (unpaired) electrons. The number of nitrogens with zero attached hydrogens (tertiary/aromatic N) is 2. The highest BCUT2D eigenvalue weighted by atomic mass is 16.4. The van der Waals surface area contributed by atoms with E-state index in [1.165, 1.54) is 0 Å². The fraction of sp³-hybridized carbons (Fsp3) is 0.333. The molecule has 5 nitrogen and oxygen atoms in total. The van der Waals surface area contributed by atoms with Crippen molar-refractivity contribution < 1.29 is 9.90 Å². The van der Waals surface area contributed by atoms with Gasteiger partial charge in [0, 0.05) is 29.7 Å². The van der Waals surface area contributed by atoms with E-state index in [0.717, 1.165) is 17.1 Å². The van der Waals surface area contributed by atoms with Gasteiger partial charge in [-0.25, -0.2) is 9.78 Å². The summed E-state index contributed by atoms with van der Waals surface area (Å²) in [4.78, 5) is 18.2. The number of carboxylic acids is 1. The number of imidazole rings is 1. The molecule has 2 N–H and O–H groups in total. The minimum Gasteiger partial charge on any atom is -0.480 e. The van der Waals surface area contributed by atoms with Gasteiger partial charge in [-0.1, -0.05) is 0 Å². The second-order valence-corrected chi connectivity index (χ2v) is 4.12. The van der Waals surface area contributed by atoms with Gasteiger partial charge in [-0.15, -0.1) is 0 Å². The van der Waals surface area contributed by atoms with Crippen LogP contribution in [0.15, 0.2) is 24.7 Å². The zero-order valence-electron chi connectivity index (χ0n) is 9.84. The lowest BCUT2D eigenvalue weighted by molar-refractivity contribution is -0.141. The third kappa shape index (κ3) is 2.22. The third-order valence-corrected chi connectivity index (χ3v) is 2.89. The number of aliphatic carboxylic acids is 1. The number of carbonyl (C=O) groups is 1. The first-order valence-electron chi connectivity index (χ1n) is 5.44. The largest absolute Gasteiger partial charge is 0.480 e. The smallest absolute Gasteiger partial charge is 0.327 e. The molecule has 0 aliphatic heterocycles. The highest BCUT2D eigenvalue weighted by Gasteiger charge is 2.22. The van der Waals surface area contributed by atoms with Crippen LogP contribution in [0.25, 0.3) is 0 Å². The van der Waals surface area contributed by atoms with Gasteiger partial charge in [0.05, 0.1) is 6.33 Å². The lowest BCUT2D eigenvalue weighted by Gasteiger charge is -2.18. The minimum atomic E-state index is -0.831. The van der Waals surface area contributed by atoms with E-state index < -0.39 is 12.0 Å². The molecule has 5 heteroatoms. The number of nitrogens with one attached hydrogen (secondary N) is 1. The summed E-state index contributed by atoms with van der Waals surface area (Å²) in [6, 6.07) is 3.27. The van der Waals surface area contributed by atoms with E-state index in [1.807, 2.05) is 30.5 Å². The van der Waals surface area contributed by atoms with Crippen molar-refractivity contribution in [3.05, 3.63) is 41.7 Å². The zero-order chi connectivity index (χ0) is 12.4. The topological polar surface area (TPSA) is 70.9 Å². The molecule has 0 bridgehead atoms. The Bertz CT molecular complexity index is 494. The summed E-state index contributed by atoms with van der Waals surface area (Å²) in [6.07, 6.45) is 3.62. The fourth-order valence-corrected chi connectivity index (χ4v) is 2.07. The molecule has 0 saturated heterocycles. The fourth-order valence-electron chi connectivity index (χ4n) is 2.07. The van der Waals surface area contributed by atoms with Gasteiger partial charge < -0.3 is 14.7 Å². The molecule has 0 aliphatic rings. The number of aromatic nitrogens is 3.